The molecule has 1 aliphatic rings. The van der Waals surface area contributed by atoms with E-state index < -0.39 is 0 Å². The number of benzene rings is 4. The molecule has 162 valence electrons. The summed E-state index contributed by atoms with van der Waals surface area (Å²) in [4.78, 5) is 20.9. The number of rotatable bonds is 5. The van der Waals surface area contributed by atoms with E-state index in [0.717, 1.165) is 34.0 Å². The first-order chi connectivity index (χ1) is 16.2. The number of amides is 1. The molecule has 4 aromatic rings. The van der Waals surface area contributed by atoms with Gasteiger partial charge in [-0.25, -0.2) is 4.99 Å². The fraction of sp³-hybridized carbons (Fsp3) is 0.103. The Hall–Kier alpha value is -3.63. The molecule has 0 saturated carbocycles. The Morgan fingerprint density at radius 3 is 2.33 bits per heavy atom. The topological polar surface area (TPSA) is 32.7 Å². The Balaban J connectivity index is 1.55. The number of fused-ring (bicyclic) bond motifs is 1. The van der Waals surface area contributed by atoms with Gasteiger partial charge in [0, 0.05) is 5.39 Å². The van der Waals surface area contributed by atoms with Crippen LogP contribution in [0.2, 0.25) is 0 Å². The average molecular weight is 449 g/mol. The second kappa shape index (κ2) is 9.47. The van der Waals surface area contributed by atoms with Crippen LogP contribution in [0.15, 0.2) is 107 Å². The van der Waals surface area contributed by atoms with Gasteiger partial charge in [0.2, 0.25) is 0 Å². The van der Waals surface area contributed by atoms with Crippen molar-refractivity contribution in [3.63, 3.8) is 0 Å². The van der Waals surface area contributed by atoms with E-state index in [9.17, 15) is 4.79 Å². The van der Waals surface area contributed by atoms with E-state index in [1.54, 1.807) is 4.90 Å². The second-order valence-electron chi connectivity index (χ2n) is 7.98. The van der Waals surface area contributed by atoms with Crippen LogP contribution in [0.4, 0.5) is 5.69 Å². The van der Waals surface area contributed by atoms with Crippen LogP contribution in [0, 0.1) is 0 Å². The molecule has 1 saturated heterocycles. The number of carbonyl (C=O) groups excluding carboxylic acids is 1. The molecule has 1 fully saturated rings. The zero-order valence-electron chi connectivity index (χ0n) is 18.4. The predicted octanol–water partition coefficient (Wildman–Crippen LogP) is 7.21. The van der Waals surface area contributed by atoms with Crippen molar-refractivity contribution in [1.29, 1.82) is 0 Å². The molecule has 5 rings (SSSR count). The quantitative estimate of drug-likeness (QED) is 0.302. The molecule has 0 bridgehead atoms. The maximum atomic E-state index is 13.5. The molecule has 1 amide bonds. The highest BCUT2D eigenvalue weighted by molar-refractivity contribution is 8.18. The van der Waals surface area contributed by atoms with Crippen LogP contribution in [0.25, 0.3) is 16.8 Å². The third kappa shape index (κ3) is 4.62. The third-order valence-electron chi connectivity index (χ3n) is 5.74. The monoisotopic (exact) mass is 448 g/mol. The van der Waals surface area contributed by atoms with Gasteiger partial charge in [0.15, 0.2) is 5.17 Å². The first-order valence-corrected chi connectivity index (χ1v) is 11.9. The fourth-order valence-electron chi connectivity index (χ4n) is 3.91. The predicted molar refractivity (Wildman–Crippen MR) is 139 cm³/mol. The summed E-state index contributed by atoms with van der Waals surface area (Å²) >= 11 is 1.44. The molecule has 0 aliphatic carbocycles. The molecule has 0 atom stereocenters. The molecule has 1 aliphatic heterocycles. The van der Waals surface area contributed by atoms with E-state index >= 15 is 0 Å². The van der Waals surface area contributed by atoms with Crippen molar-refractivity contribution in [1.82, 2.24) is 4.90 Å². The summed E-state index contributed by atoms with van der Waals surface area (Å²) in [6.07, 6.45) is 2.97. The van der Waals surface area contributed by atoms with Crippen molar-refractivity contribution in [3.05, 3.63) is 119 Å². The van der Waals surface area contributed by atoms with Gasteiger partial charge in [-0.3, -0.25) is 9.69 Å². The number of carbonyl (C=O) groups is 1. The lowest BCUT2D eigenvalue weighted by molar-refractivity contribution is -0.122. The highest BCUT2D eigenvalue weighted by Crippen LogP contribution is 2.36. The van der Waals surface area contributed by atoms with Crippen LogP contribution < -0.4 is 0 Å². The highest BCUT2D eigenvalue weighted by Gasteiger charge is 2.33. The van der Waals surface area contributed by atoms with E-state index in [2.05, 4.69) is 49.4 Å². The minimum absolute atomic E-state index is 0.0117. The molecular formula is C29H24N2OS. The van der Waals surface area contributed by atoms with E-state index in [0.29, 0.717) is 16.6 Å². The Labute approximate surface area is 198 Å². The van der Waals surface area contributed by atoms with Crippen LogP contribution >= 0.6 is 11.8 Å². The first-order valence-electron chi connectivity index (χ1n) is 11.1. The number of nitrogens with zero attached hydrogens (tertiary/aromatic N) is 2. The summed E-state index contributed by atoms with van der Waals surface area (Å²) in [6, 6.07) is 32.7. The van der Waals surface area contributed by atoms with E-state index in [-0.39, 0.29) is 5.91 Å². The van der Waals surface area contributed by atoms with Crippen LogP contribution in [0.5, 0.6) is 0 Å². The summed E-state index contributed by atoms with van der Waals surface area (Å²) in [5, 5.41) is 2.92. The van der Waals surface area contributed by atoms with Gasteiger partial charge in [-0.2, -0.15) is 0 Å². The standard InChI is InChI=1S/C29H24N2OS/c1-2-21-15-17-22(18-16-21)19-27-28(32)31(20-23-9-4-3-5-10-23)29(33-27)30-26-14-8-12-24-11-6-7-13-25(24)26/h3-19H,2,20H2,1H3. The maximum absolute atomic E-state index is 13.5. The minimum atomic E-state index is -0.0117. The van der Waals surface area contributed by atoms with Crippen molar-refractivity contribution >= 4 is 45.4 Å². The lowest BCUT2D eigenvalue weighted by atomic mass is 10.1. The highest BCUT2D eigenvalue weighted by atomic mass is 32.2. The summed E-state index contributed by atoms with van der Waals surface area (Å²) in [7, 11) is 0. The van der Waals surface area contributed by atoms with Crippen molar-refractivity contribution in [2.24, 2.45) is 4.99 Å². The summed E-state index contributed by atoms with van der Waals surface area (Å²) < 4.78 is 0. The molecule has 0 spiro atoms. The Kier molecular flexibility index (Phi) is 6.09. The molecule has 3 nitrogen and oxygen atoms in total. The summed E-state index contributed by atoms with van der Waals surface area (Å²) in [6.45, 7) is 2.63. The zero-order valence-corrected chi connectivity index (χ0v) is 19.3. The number of aliphatic imine (C=N–C) groups is 1. The van der Waals surface area contributed by atoms with E-state index in [4.69, 9.17) is 4.99 Å². The Bertz CT molecular complexity index is 1350. The fourth-order valence-corrected chi connectivity index (χ4v) is 4.90. The van der Waals surface area contributed by atoms with Crippen molar-refractivity contribution in [3.8, 4) is 0 Å². The first kappa shape index (κ1) is 21.2. The molecule has 0 unspecified atom stereocenters. The number of hydrogen-bond acceptors (Lipinski definition) is 3. The van der Waals surface area contributed by atoms with Gasteiger partial charge >= 0.3 is 0 Å². The maximum Gasteiger partial charge on any atom is 0.267 e. The third-order valence-corrected chi connectivity index (χ3v) is 6.75. The van der Waals surface area contributed by atoms with Gasteiger partial charge in [0.05, 0.1) is 17.1 Å². The molecule has 1 heterocycles. The molecule has 33 heavy (non-hydrogen) atoms. The van der Waals surface area contributed by atoms with Crippen molar-refractivity contribution in [2.45, 2.75) is 19.9 Å². The SMILES string of the molecule is CCc1ccc(C=C2SC(=Nc3cccc4ccccc34)N(Cc3ccccc3)C2=O)cc1. The van der Waals surface area contributed by atoms with Crippen LogP contribution in [0.3, 0.4) is 0 Å². The normalized spacial score (nSPS) is 16.3. The van der Waals surface area contributed by atoms with Crippen molar-refractivity contribution < 1.29 is 4.79 Å². The Morgan fingerprint density at radius 1 is 0.818 bits per heavy atom. The largest absolute Gasteiger partial charge is 0.282 e. The number of hydrogen-bond donors (Lipinski definition) is 0. The molecular weight excluding hydrogens is 424 g/mol. The summed E-state index contributed by atoms with van der Waals surface area (Å²) in [5.41, 5.74) is 4.25. The molecule has 4 aromatic carbocycles. The lowest BCUT2D eigenvalue weighted by Crippen LogP contribution is -2.28. The number of amidine groups is 1. The van der Waals surface area contributed by atoms with Gasteiger partial charge in [0.25, 0.3) is 5.91 Å². The van der Waals surface area contributed by atoms with E-state index in [1.807, 2.05) is 60.7 Å². The van der Waals surface area contributed by atoms with Gasteiger partial charge in [0.1, 0.15) is 0 Å². The Morgan fingerprint density at radius 2 is 1.55 bits per heavy atom. The van der Waals surface area contributed by atoms with E-state index in [1.165, 1.54) is 17.3 Å². The second-order valence-corrected chi connectivity index (χ2v) is 8.98. The summed E-state index contributed by atoms with van der Waals surface area (Å²) in [5.74, 6) is -0.0117. The number of thioether (sulfide) groups is 1. The molecule has 4 heteroatoms. The van der Waals surface area contributed by atoms with Crippen LogP contribution in [-0.4, -0.2) is 16.0 Å². The molecule has 0 aromatic heterocycles. The number of aryl methyl sites for hydroxylation is 1. The average Bonchev–Trinajstić information content (AvgIpc) is 3.14. The van der Waals surface area contributed by atoms with Crippen LogP contribution in [0.1, 0.15) is 23.6 Å². The van der Waals surface area contributed by atoms with Crippen LogP contribution in [-0.2, 0) is 17.8 Å². The zero-order chi connectivity index (χ0) is 22.6. The molecule has 0 N–H and O–H groups in total. The smallest absolute Gasteiger partial charge is 0.267 e. The van der Waals surface area contributed by atoms with Gasteiger partial charge in [-0.05, 0) is 52.4 Å². The van der Waals surface area contributed by atoms with Gasteiger partial charge in [-0.15, -0.1) is 0 Å². The van der Waals surface area contributed by atoms with Gasteiger partial charge in [-0.1, -0.05) is 97.9 Å². The minimum Gasteiger partial charge on any atom is -0.282 e. The molecule has 0 radical (unpaired) electrons. The van der Waals surface area contributed by atoms with Crippen molar-refractivity contribution in [2.75, 3.05) is 0 Å². The van der Waals surface area contributed by atoms with Gasteiger partial charge < -0.3 is 0 Å². The lowest BCUT2D eigenvalue weighted by Gasteiger charge is -2.16.